The first-order chi connectivity index (χ1) is 11.1. The van der Waals surface area contributed by atoms with Gasteiger partial charge in [-0.05, 0) is 25.1 Å². The van der Waals surface area contributed by atoms with E-state index in [1.807, 2.05) is 0 Å². The molecule has 0 aromatic heterocycles. The highest BCUT2D eigenvalue weighted by molar-refractivity contribution is 7.89. The summed E-state index contributed by atoms with van der Waals surface area (Å²) >= 11 is 0. The van der Waals surface area contributed by atoms with Crippen LogP contribution in [0.25, 0.3) is 0 Å². The summed E-state index contributed by atoms with van der Waals surface area (Å²) in [5, 5.41) is 3.06. The van der Waals surface area contributed by atoms with Gasteiger partial charge in [0.05, 0.1) is 23.1 Å². The number of sulfonamides is 1. The minimum absolute atomic E-state index is 0. The van der Waals surface area contributed by atoms with Gasteiger partial charge in [-0.25, -0.2) is 13.2 Å². The van der Waals surface area contributed by atoms with Crippen LogP contribution in [-0.4, -0.2) is 51.5 Å². The van der Waals surface area contributed by atoms with E-state index in [1.165, 1.54) is 0 Å². The van der Waals surface area contributed by atoms with Crippen LogP contribution in [-0.2, 0) is 20.9 Å². The molecule has 1 aromatic carbocycles. The van der Waals surface area contributed by atoms with E-state index < -0.39 is 38.2 Å². The fourth-order valence-electron chi connectivity index (χ4n) is 2.47. The van der Waals surface area contributed by atoms with E-state index in [0.717, 1.165) is 23.5 Å². The molecule has 1 atom stereocenters. The Morgan fingerprint density at radius 1 is 1.36 bits per heavy atom. The molecule has 1 heterocycles. The van der Waals surface area contributed by atoms with Crippen LogP contribution >= 0.6 is 12.4 Å². The van der Waals surface area contributed by atoms with E-state index in [2.05, 4.69) is 10.1 Å². The first kappa shape index (κ1) is 21.7. The minimum atomic E-state index is -4.88. The van der Waals surface area contributed by atoms with Gasteiger partial charge < -0.3 is 10.1 Å². The van der Waals surface area contributed by atoms with Crippen LogP contribution in [0, 0.1) is 0 Å². The zero-order chi connectivity index (χ0) is 18.1. The van der Waals surface area contributed by atoms with E-state index >= 15 is 0 Å². The van der Waals surface area contributed by atoms with Crippen LogP contribution in [0.4, 0.5) is 13.2 Å². The molecule has 0 aliphatic carbocycles. The van der Waals surface area contributed by atoms with E-state index in [4.69, 9.17) is 0 Å². The first-order valence-corrected chi connectivity index (χ1v) is 8.54. The van der Waals surface area contributed by atoms with Crippen LogP contribution in [0.1, 0.15) is 22.8 Å². The van der Waals surface area contributed by atoms with E-state index in [1.54, 1.807) is 6.92 Å². The normalized spacial score (nSPS) is 19.2. The molecule has 1 aromatic rings. The average Bonchev–Trinajstić information content (AvgIpc) is 2.52. The summed E-state index contributed by atoms with van der Waals surface area (Å²) in [6, 6.07) is 2.19. The summed E-state index contributed by atoms with van der Waals surface area (Å²) in [4.78, 5) is 11.0. The molecule has 2 rings (SSSR count). The van der Waals surface area contributed by atoms with Crippen molar-refractivity contribution in [2.45, 2.75) is 24.0 Å². The maximum atomic E-state index is 13.2. The van der Waals surface area contributed by atoms with Crippen molar-refractivity contribution in [2.24, 2.45) is 0 Å². The number of piperazine rings is 1. The maximum Gasteiger partial charge on any atom is 0.417 e. The fraction of sp³-hybridized carbons (Fsp3) is 0.500. The van der Waals surface area contributed by atoms with Crippen molar-refractivity contribution in [1.29, 1.82) is 0 Å². The predicted octanol–water partition coefficient (Wildman–Crippen LogP) is 1.90. The average molecular weight is 403 g/mol. The quantitative estimate of drug-likeness (QED) is 0.781. The minimum Gasteiger partial charge on any atom is -0.465 e. The Kier molecular flexibility index (Phi) is 6.85. The molecule has 1 aliphatic heterocycles. The highest BCUT2D eigenvalue weighted by atomic mass is 35.5. The second-order valence-electron chi connectivity index (χ2n) is 5.41. The molecule has 11 heteroatoms. The van der Waals surface area contributed by atoms with Gasteiger partial charge in [0.1, 0.15) is 0 Å². The number of hydrogen-bond donors (Lipinski definition) is 1. The largest absolute Gasteiger partial charge is 0.465 e. The van der Waals surface area contributed by atoms with Crippen LogP contribution in [0.3, 0.4) is 0 Å². The molecule has 1 fully saturated rings. The highest BCUT2D eigenvalue weighted by Crippen LogP contribution is 2.34. The van der Waals surface area contributed by atoms with Gasteiger partial charge in [0, 0.05) is 25.7 Å². The van der Waals surface area contributed by atoms with Gasteiger partial charge in [0.15, 0.2) is 0 Å². The molecule has 0 bridgehead atoms. The van der Waals surface area contributed by atoms with Gasteiger partial charge in [-0.1, -0.05) is 0 Å². The number of nitrogens with zero attached hydrogens (tertiary/aromatic N) is 1. The van der Waals surface area contributed by atoms with Gasteiger partial charge in [-0.3, -0.25) is 0 Å². The molecule has 1 saturated heterocycles. The lowest BCUT2D eigenvalue weighted by Gasteiger charge is -2.31. The molecule has 1 aliphatic rings. The van der Waals surface area contributed by atoms with Gasteiger partial charge in [0.25, 0.3) is 0 Å². The van der Waals surface area contributed by atoms with Crippen LogP contribution in [0.2, 0.25) is 0 Å². The molecule has 0 unspecified atom stereocenters. The first-order valence-electron chi connectivity index (χ1n) is 7.10. The van der Waals surface area contributed by atoms with Gasteiger partial charge in [0.2, 0.25) is 10.0 Å². The molecule has 142 valence electrons. The van der Waals surface area contributed by atoms with Gasteiger partial charge in [-0.15, -0.1) is 12.4 Å². The van der Waals surface area contributed by atoms with E-state index in [-0.39, 0.29) is 31.5 Å². The summed E-state index contributed by atoms with van der Waals surface area (Å²) in [6.45, 7) is 2.51. The molecule has 0 spiro atoms. The lowest BCUT2D eigenvalue weighted by Crippen LogP contribution is -2.51. The van der Waals surface area contributed by atoms with E-state index in [0.29, 0.717) is 12.6 Å². The standard InChI is InChI=1S/C14H17F3N2O4S.ClH/c1-9-8-19(6-5-18-9)24(21,22)10-3-4-11(13(20)23-2)12(7-10)14(15,16)17;/h3-4,7,9,18H,5-6,8H2,1-2H3;1H/t9-;/m0./s1. The highest BCUT2D eigenvalue weighted by Gasteiger charge is 2.38. The van der Waals surface area contributed by atoms with Crippen LogP contribution in [0.5, 0.6) is 0 Å². The number of rotatable bonds is 3. The fourth-order valence-corrected chi connectivity index (χ4v) is 4.03. The van der Waals surface area contributed by atoms with Gasteiger partial charge in [-0.2, -0.15) is 17.5 Å². The molecule has 0 saturated carbocycles. The van der Waals surface area contributed by atoms with Crippen molar-refractivity contribution in [1.82, 2.24) is 9.62 Å². The van der Waals surface area contributed by atoms with Crippen molar-refractivity contribution in [3.63, 3.8) is 0 Å². The number of halogens is 4. The Balaban J connectivity index is 0.00000312. The second-order valence-corrected chi connectivity index (χ2v) is 7.35. The number of hydrogen-bond acceptors (Lipinski definition) is 5. The number of methoxy groups -OCH3 is 1. The Hall–Kier alpha value is -1.36. The summed E-state index contributed by atoms with van der Waals surface area (Å²) in [5.41, 5.74) is -2.06. The summed E-state index contributed by atoms with van der Waals surface area (Å²) in [5.74, 6) is -1.18. The lowest BCUT2D eigenvalue weighted by atomic mass is 10.1. The number of nitrogens with one attached hydrogen (secondary N) is 1. The number of benzene rings is 1. The molecule has 1 N–H and O–H groups in total. The third-order valence-electron chi connectivity index (χ3n) is 3.67. The molecule has 6 nitrogen and oxygen atoms in total. The van der Waals surface area contributed by atoms with Crippen LogP contribution < -0.4 is 5.32 Å². The number of carbonyl (C=O) groups is 1. The molecular weight excluding hydrogens is 385 g/mol. The van der Waals surface area contributed by atoms with Crippen molar-refractivity contribution in [3.8, 4) is 0 Å². The topological polar surface area (TPSA) is 75.7 Å². The molecule has 0 radical (unpaired) electrons. The van der Waals surface area contributed by atoms with E-state index in [9.17, 15) is 26.4 Å². The smallest absolute Gasteiger partial charge is 0.417 e. The third-order valence-corrected chi connectivity index (χ3v) is 5.53. The second kappa shape index (κ2) is 7.90. The maximum absolute atomic E-state index is 13.2. The predicted molar refractivity (Wildman–Crippen MR) is 86.3 cm³/mol. The number of ether oxygens (including phenoxy) is 1. The lowest BCUT2D eigenvalue weighted by molar-refractivity contribution is -0.138. The summed E-state index contributed by atoms with van der Waals surface area (Å²) in [6.07, 6.45) is -4.88. The molecule has 0 amide bonds. The van der Waals surface area contributed by atoms with Crippen molar-refractivity contribution in [3.05, 3.63) is 29.3 Å². The molecular formula is C14H18ClF3N2O4S. The van der Waals surface area contributed by atoms with Crippen molar-refractivity contribution >= 4 is 28.4 Å². The van der Waals surface area contributed by atoms with Crippen molar-refractivity contribution < 1.29 is 31.1 Å². The van der Waals surface area contributed by atoms with Gasteiger partial charge >= 0.3 is 12.1 Å². The molecule has 25 heavy (non-hydrogen) atoms. The number of carbonyl (C=O) groups excluding carboxylic acids is 1. The SMILES string of the molecule is COC(=O)c1ccc(S(=O)(=O)N2CCN[C@@H](C)C2)cc1C(F)(F)F.Cl. The summed E-state index contributed by atoms with van der Waals surface area (Å²) < 4.78 is 70.2. The Morgan fingerprint density at radius 3 is 2.52 bits per heavy atom. The summed E-state index contributed by atoms with van der Waals surface area (Å²) in [7, 11) is -3.13. The Bertz CT molecular complexity index is 740. The number of alkyl halides is 3. The number of esters is 1. The third kappa shape index (κ3) is 4.63. The van der Waals surface area contributed by atoms with Crippen LogP contribution in [0.15, 0.2) is 23.1 Å². The zero-order valence-corrected chi connectivity index (χ0v) is 15.1. The Labute approximate surface area is 149 Å². The monoisotopic (exact) mass is 402 g/mol. The van der Waals surface area contributed by atoms with Crippen molar-refractivity contribution in [2.75, 3.05) is 26.7 Å². The Morgan fingerprint density at radius 2 is 2.00 bits per heavy atom. The zero-order valence-electron chi connectivity index (χ0n) is 13.5.